The number of rotatable bonds is 4. The number of nitrogens with one attached hydrogen (secondary N) is 2. The largest absolute Gasteiger partial charge is 0.357 e. The molecule has 1 aromatic carbocycles. The van der Waals surface area contributed by atoms with Gasteiger partial charge in [0.2, 0.25) is 0 Å². The molecule has 4 heteroatoms. The number of carbonyl (C=O) groups excluding carboxylic acids is 1. The van der Waals surface area contributed by atoms with E-state index in [0.29, 0.717) is 12.2 Å². The Bertz CT molecular complexity index is 557. The van der Waals surface area contributed by atoms with Crippen molar-refractivity contribution in [1.29, 1.82) is 0 Å². The van der Waals surface area contributed by atoms with Crippen LogP contribution in [-0.2, 0) is 0 Å². The van der Waals surface area contributed by atoms with Crippen molar-refractivity contribution in [3.8, 4) is 11.1 Å². The standard InChI is InChI=1S/C14H13FN2O/c1-2-7-16-14(18)13-8-11(9-17-13)10-3-5-12(15)6-4-10/h2-6,8-9,17H,1,7H2,(H,16,18). The first kappa shape index (κ1) is 12.1. The first-order valence-corrected chi connectivity index (χ1v) is 5.54. The van der Waals surface area contributed by atoms with Gasteiger partial charge in [-0.05, 0) is 29.3 Å². The Hall–Kier alpha value is -2.36. The van der Waals surface area contributed by atoms with Gasteiger partial charge in [0.05, 0.1) is 0 Å². The fraction of sp³-hybridized carbons (Fsp3) is 0.0714. The van der Waals surface area contributed by atoms with Crippen LogP contribution in [0, 0.1) is 5.82 Å². The van der Waals surface area contributed by atoms with E-state index in [-0.39, 0.29) is 11.7 Å². The Morgan fingerprint density at radius 3 is 2.72 bits per heavy atom. The normalized spacial score (nSPS) is 10.1. The van der Waals surface area contributed by atoms with Gasteiger partial charge in [-0.15, -0.1) is 6.58 Å². The third-order valence-electron chi connectivity index (χ3n) is 2.51. The molecule has 1 heterocycles. The first-order chi connectivity index (χ1) is 8.70. The van der Waals surface area contributed by atoms with Crippen LogP contribution in [0.1, 0.15) is 10.5 Å². The molecule has 18 heavy (non-hydrogen) atoms. The SMILES string of the molecule is C=CCNC(=O)c1cc(-c2ccc(F)cc2)c[nH]1. The fourth-order valence-electron chi connectivity index (χ4n) is 1.59. The lowest BCUT2D eigenvalue weighted by Crippen LogP contribution is -2.23. The molecule has 2 N–H and O–H groups in total. The van der Waals surface area contributed by atoms with Gasteiger partial charge in [-0.1, -0.05) is 18.2 Å². The number of carbonyl (C=O) groups is 1. The van der Waals surface area contributed by atoms with Crippen molar-refractivity contribution in [1.82, 2.24) is 10.3 Å². The quantitative estimate of drug-likeness (QED) is 0.798. The highest BCUT2D eigenvalue weighted by atomic mass is 19.1. The van der Waals surface area contributed by atoms with Gasteiger partial charge in [0.1, 0.15) is 11.5 Å². The van der Waals surface area contributed by atoms with Crippen molar-refractivity contribution < 1.29 is 9.18 Å². The lowest BCUT2D eigenvalue weighted by Gasteiger charge is -1.98. The third kappa shape index (κ3) is 2.66. The summed E-state index contributed by atoms with van der Waals surface area (Å²) in [5.41, 5.74) is 2.17. The van der Waals surface area contributed by atoms with Crippen LogP contribution in [0.3, 0.4) is 0 Å². The predicted octanol–water partition coefficient (Wildman–Crippen LogP) is 2.74. The molecule has 0 spiro atoms. The highest BCUT2D eigenvalue weighted by molar-refractivity contribution is 5.94. The van der Waals surface area contributed by atoms with E-state index in [4.69, 9.17) is 0 Å². The third-order valence-corrected chi connectivity index (χ3v) is 2.51. The molecule has 2 aromatic rings. The molecule has 0 bridgehead atoms. The number of halogens is 1. The lowest BCUT2D eigenvalue weighted by atomic mass is 10.1. The molecule has 2 rings (SSSR count). The summed E-state index contributed by atoms with van der Waals surface area (Å²) in [4.78, 5) is 14.5. The van der Waals surface area contributed by atoms with Crippen LogP contribution in [-0.4, -0.2) is 17.4 Å². The Morgan fingerprint density at radius 2 is 2.06 bits per heavy atom. The molecule has 92 valence electrons. The molecule has 0 saturated heterocycles. The lowest BCUT2D eigenvalue weighted by molar-refractivity contribution is 0.0953. The Morgan fingerprint density at radius 1 is 1.33 bits per heavy atom. The summed E-state index contributed by atoms with van der Waals surface area (Å²) >= 11 is 0. The maximum atomic E-state index is 12.8. The number of benzene rings is 1. The summed E-state index contributed by atoms with van der Waals surface area (Å²) in [5, 5.41) is 2.67. The van der Waals surface area contributed by atoms with Crippen molar-refractivity contribution >= 4 is 5.91 Å². The summed E-state index contributed by atoms with van der Waals surface area (Å²) in [6.07, 6.45) is 3.33. The number of hydrogen-bond acceptors (Lipinski definition) is 1. The zero-order valence-electron chi connectivity index (χ0n) is 9.74. The van der Waals surface area contributed by atoms with Gasteiger partial charge in [-0.3, -0.25) is 4.79 Å². The number of amides is 1. The van der Waals surface area contributed by atoms with Crippen LogP contribution in [0.2, 0.25) is 0 Å². The summed E-state index contributed by atoms with van der Waals surface area (Å²) in [6.45, 7) is 3.95. The van der Waals surface area contributed by atoms with Crippen molar-refractivity contribution in [2.75, 3.05) is 6.54 Å². The molecule has 0 saturated carbocycles. The van der Waals surface area contributed by atoms with E-state index in [2.05, 4.69) is 16.9 Å². The van der Waals surface area contributed by atoms with Crippen molar-refractivity contribution in [2.24, 2.45) is 0 Å². The maximum Gasteiger partial charge on any atom is 0.267 e. The first-order valence-electron chi connectivity index (χ1n) is 5.54. The minimum absolute atomic E-state index is 0.191. The molecule has 0 aliphatic heterocycles. The highest BCUT2D eigenvalue weighted by Gasteiger charge is 2.08. The van der Waals surface area contributed by atoms with Gasteiger partial charge in [-0.2, -0.15) is 0 Å². The summed E-state index contributed by atoms with van der Waals surface area (Å²) < 4.78 is 12.8. The van der Waals surface area contributed by atoms with E-state index in [1.165, 1.54) is 12.1 Å². The molecule has 0 unspecified atom stereocenters. The van der Waals surface area contributed by atoms with E-state index in [1.54, 1.807) is 30.5 Å². The van der Waals surface area contributed by atoms with Crippen LogP contribution in [0.15, 0.2) is 49.2 Å². The smallest absolute Gasteiger partial charge is 0.267 e. The Kier molecular flexibility index (Phi) is 3.57. The zero-order valence-corrected chi connectivity index (χ0v) is 9.74. The maximum absolute atomic E-state index is 12.8. The number of H-pyrrole nitrogens is 1. The number of aromatic nitrogens is 1. The molecular formula is C14H13FN2O. The molecule has 0 radical (unpaired) electrons. The van der Waals surface area contributed by atoms with E-state index >= 15 is 0 Å². The monoisotopic (exact) mass is 244 g/mol. The average molecular weight is 244 g/mol. The topological polar surface area (TPSA) is 44.9 Å². The van der Waals surface area contributed by atoms with Gasteiger partial charge in [0, 0.05) is 12.7 Å². The molecular weight excluding hydrogens is 231 g/mol. The fourth-order valence-corrected chi connectivity index (χ4v) is 1.59. The summed E-state index contributed by atoms with van der Waals surface area (Å²) in [6, 6.07) is 7.85. The van der Waals surface area contributed by atoms with E-state index < -0.39 is 0 Å². The van der Waals surface area contributed by atoms with Crippen molar-refractivity contribution in [3.63, 3.8) is 0 Å². The van der Waals surface area contributed by atoms with Crippen molar-refractivity contribution in [2.45, 2.75) is 0 Å². The van der Waals surface area contributed by atoms with Crippen LogP contribution >= 0.6 is 0 Å². The number of aromatic amines is 1. The van der Waals surface area contributed by atoms with E-state index in [0.717, 1.165) is 11.1 Å². The van der Waals surface area contributed by atoms with Crippen molar-refractivity contribution in [3.05, 3.63) is 60.7 Å². The zero-order chi connectivity index (χ0) is 13.0. The van der Waals surface area contributed by atoms with E-state index in [9.17, 15) is 9.18 Å². The average Bonchev–Trinajstić information content (AvgIpc) is 2.86. The Labute approximate surface area is 104 Å². The molecule has 0 aliphatic carbocycles. The molecule has 0 atom stereocenters. The summed E-state index contributed by atoms with van der Waals surface area (Å²) in [5.74, 6) is -0.471. The van der Waals surface area contributed by atoms with Crippen LogP contribution < -0.4 is 5.32 Å². The second kappa shape index (κ2) is 5.31. The Balaban J connectivity index is 2.17. The highest BCUT2D eigenvalue weighted by Crippen LogP contribution is 2.20. The molecule has 3 nitrogen and oxygen atoms in total. The predicted molar refractivity (Wildman–Crippen MR) is 68.7 cm³/mol. The number of hydrogen-bond donors (Lipinski definition) is 2. The van der Waals surface area contributed by atoms with Crippen LogP contribution in [0.25, 0.3) is 11.1 Å². The van der Waals surface area contributed by atoms with Crippen LogP contribution in [0.4, 0.5) is 4.39 Å². The minimum Gasteiger partial charge on any atom is -0.357 e. The van der Waals surface area contributed by atoms with E-state index in [1.807, 2.05) is 0 Å². The second-order valence-electron chi connectivity index (χ2n) is 3.81. The molecule has 1 amide bonds. The minimum atomic E-state index is -0.279. The van der Waals surface area contributed by atoms with Gasteiger partial charge in [0.25, 0.3) is 5.91 Å². The molecule has 0 fully saturated rings. The van der Waals surface area contributed by atoms with Gasteiger partial charge in [-0.25, -0.2) is 4.39 Å². The molecule has 0 aliphatic rings. The second-order valence-corrected chi connectivity index (χ2v) is 3.81. The van der Waals surface area contributed by atoms with Crippen LogP contribution in [0.5, 0.6) is 0 Å². The molecule has 1 aromatic heterocycles. The summed E-state index contributed by atoms with van der Waals surface area (Å²) in [7, 11) is 0. The van der Waals surface area contributed by atoms with Gasteiger partial charge >= 0.3 is 0 Å². The van der Waals surface area contributed by atoms with Gasteiger partial charge < -0.3 is 10.3 Å². The van der Waals surface area contributed by atoms with Gasteiger partial charge in [0.15, 0.2) is 0 Å².